The van der Waals surface area contributed by atoms with Gasteiger partial charge >= 0.3 is 0 Å². The molecule has 90 valence electrons. The zero-order chi connectivity index (χ0) is 13.2. The van der Waals surface area contributed by atoms with E-state index in [1.54, 1.807) is 0 Å². The zero-order valence-corrected chi connectivity index (χ0v) is 9.73. The van der Waals surface area contributed by atoms with E-state index in [9.17, 15) is 20.2 Å². The largest absolute Gasteiger partial charge is 0.298 e. The molecule has 0 radical (unpaired) electrons. The Labute approximate surface area is 102 Å². The molecule has 0 aliphatic rings. The summed E-state index contributed by atoms with van der Waals surface area (Å²) in [4.78, 5) is 20.1. The lowest BCUT2D eigenvalue weighted by Gasteiger charge is -2.06. The molecule has 1 rings (SSSR count). The predicted octanol–water partition coefficient (Wildman–Crippen LogP) is 3.19. The minimum absolute atomic E-state index is 0.310. The summed E-state index contributed by atoms with van der Waals surface area (Å²) >= 11 is 5.67. The molecule has 0 aliphatic heterocycles. The van der Waals surface area contributed by atoms with Crippen molar-refractivity contribution in [1.82, 2.24) is 0 Å². The molecule has 0 unspecified atom stereocenters. The highest BCUT2D eigenvalue weighted by atomic mass is 35.5. The lowest BCUT2D eigenvalue weighted by Crippen LogP contribution is -2.01. The summed E-state index contributed by atoms with van der Waals surface area (Å²) in [6, 6.07) is 1.24. The molecule has 1 aromatic carbocycles. The average molecular weight is 257 g/mol. The molecule has 6 nitrogen and oxygen atoms in total. The standard InChI is InChI=1S/C10H9ClN2O4/c1-3-4-7-5-8(12(14)15)9(11)10(6(7)2)13(16)17/h3,5H,1,4H2,2H3. The van der Waals surface area contributed by atoms with Crippen LogP contribution in [0.4, 0.5) is 11.4 Å². The highest BCUT2D eigenvalue weighted by Gasteiger charge is 2.28. The van der Waals surface area contributed by atoms with Crippen molar-refractivity contribution in [3.8, 4) is 0 Å². The van der Waals surface area contributed by atoms with Crippen LogP contribution in [0.2, 0.25) is 5.02 Å². The van der Waals surface area contributed by atoms with Crippen molar-refractivity contribution in [3.63, 3.8) is 0 Å². The minimum Gasteiger partial charge on any atom is -0.258 e. The molecule has 0 amide bonds. The minimum atomic E-state index is -0.735. The molecule has 1 aromatic rings. The monoisotopic (exact) mass is 256 g/mol. The summed E-state index contributed by atoms with van der Waals surface area (Å²) in [6.07, 6.45) is 1.83. The first kappa shape index (κ1) is 13.1. The molecular formula is C10H9ClN2O4. The van der Waals surface area contributed by atoms with Crippen molar-refractivity contribution in [2.75, 3.05) is 0 Å². The maximum absolute atomic E-state index is 10.8. The molecule has 0 aliphatic carbocycles. The van der Waals surface area contributed by atoms with Crippen LogP contribution in [0.5, 0.6) is 0 Å². The van der Waals surface area contributed by atoms with Crippen LogP contribution in [0.15, 0.2) is 18.7 Å². The van der Waals surface area contributed by atoms with Gasteiger partial charge in [0.05, 0.1) is 9.85 Å². The molecule has 0 bridgehead atoms. The fraction of sp³-hybridized carbons (Fsp3) is 0.200. The van der Waals surface area contributed by atoms with Gasteiger partial charge in [-0.2, -0.15) is 0 Å². The number of nitrogens with zero attached hydrogens (tertiary/aromatic N) is 2. The van der Waals surface area contributed by atoms with E-state index in [0.717, 1.165) is 0 Å². The van der Waals surface area contributed by atoms with Crippen LogP contribution in [0.25, 0.3) is 0 Å². The van der Waals surface area contributed by atoms with Gasteiger partial charge in [0.25, 0.3) is 11.4 Å². The number of hydrogen-bond acceptors (Lipinski definition) is 4. The Kier molecular flexibility index (Phi) is 3.80. The van der Waals surface area contributed by atoms with Crippen molar-refractivity contribution in [2.24, 2.45) is 0 Å². The van der Waals surface area contributed by atoms with E-state index in [1.165, 1.54) is 19.1 Å². The van der Waals surface area contributed by atoms with Gasteiger partial charge in [-0.15, -0.1) is 6.58 Å². The molecule has 0 saturated carbocycles. The van der Waals surface area contributed by atoms with E-state index in [4.69, 9.17) is 11.6 Å². The topological polar surface area (TPSA) is 86.3 Å². The maximum atomic E-state index is 10.8. The van der Waals surface area contributed by atoms with Crippen LogP contribution >= 0.6 is 11.6 Å². The first-order valence-corrected chi connectivity index (χ1v) is 4.99. The average Bonchev–Trinajstić information content (AvgIpc) is 2.21. The van der Waals surface area contributed by atoms with Gasteiger partial charge in [0, 0.05) is 11.6 Å². The number of hydrogen-bond donors (Lipinski definition) is 0. The third-order valence-electron chi connectivity index (χ3n) is 2.32. The van der Waals surface area contributed by atoms with Crippen LogP contribution in [-0.2, 0) is 6.42 Å². The first-order valence-electron chi connectivity index (χ1n) is 4.61. The van der Waals surface area contributed by atoms with Gasteiger partial charge in [-0.3, -0.25) is 20.2 Å². The SMILES string of the molecule is C=CCc1cc([N+](=O)[O-])c(Cl)c([N+](=O)[O-])c1C. The Bertz CT molecular complexity index is 514. The van der Waals surface area contributed by atoms with E-state index in [1.807, 2.05) is 0 Å². The van der Waals surface area contributed by atoms with Crippen LogP contribution in [0, 0.1) is 27.2 Å². The second-order valence-electron chi connectivity index (χ2n) is 3.35. The number of nitro groups is 2. The number of benzene rings is 1. The van der Waals surface area contributed by atoms with E-state index < -0.39 is 26.2 Å². The van der Waals surface area contributed by atoms with Gasteiger partial charge in [0.2, 0.25) is 0 Å². The summed E-state index contributed by atoms with van der Waals surface area (Å²) in [5.41, 5.74) is -0.0770. The fourth-order valence-corrected chi connectivity index (χ4v) is 1.83. The highest BCUT2D eigenvalue weighted by Crippen LogP contribution is 2.38. The van der Waals surface area contributed by atoms with Crippen molar-refractivity contribution in [2.45, 2.75) is 13.3 Å². The van der Waals surface area contributed by atoms with E-state index in [2.05, 4.69) is 6.58 Å². The van der Waals surface area contributed by atoms with E-state index in [-0.39, 0.29) is 0 Å². The van der Waals surface area contributed by atoms with Crippen LogP contribution < -0.4 is 0 Å². The van der Waals surface area contributed by atoms with Crippen LogP contribution in [0.1, 0.15) is 11.1 Å². The Hall–Kier alpha value is -1.95. The number of rotatable bonds is 4. The molecule has 0 saturated heterocycles. The summed E-state index contributed by atoms with van der Waals surface area (Å²) in [6.45, 7) is 5.00. The number of nitro benzene ring substituents is 2. The van der Waals surface area contributed by atoms with Gasteiger partial charge in [-0.25, -0.2) is 0 Å². The summed E-state index contributed by atoms with van der Waals surface area (Å²) in [5.74, 6) is 0. The molecule has 0 heterocycles. The fourth-order valence-electron chi connectivity index (χ4n) is 1.49. The van der Waals surface area contributed by atoms with Crippen molar-refractivity contribution in [1.29, 1.82) is 0 Å². The van der Waals surface area contributed by atoms with Gasteiger partial charge in [0.15, 0.2) is 5.02 Å². The van der Waals surface area contributed by atoms with Gasteiger partial charge in [-0.1, -0.05) is 17.7 Å². The van der Waals surface area contributed by atoms with Crippen molar-refractivity contribution < 1.29 is 9.85 Å². The first-order chi connectivity index (χ1) is 7.90. The van der Waals surface area contributed by atoms with Gasteiger partial charge in [0.1, 0.15) is 0 Å². The lowest BCUT2D eigenvalue weighted by atomic mass is 10.0. The quantitative estimate of drug-likeness (QED) is 0.470. The Morgan fingerprint density at radius 1 is 1.41 bits per heavy atom. The Morgan fingerprint density at radius 3 is 2.41 bits per heavy atom. The molecular weight excluding hydrogens is 248 g/mol. The molecule has 7 heteroatoms. The number of halogens is 1. The normalized spacial score (nSPS) is 10.0. The highest BCUT2D eigenvalue weighted by molar-refractivity contribution is 6.35. The summed E-state index contributed by atoms with van der Waals surface area (Å²) in [7, 11) is 0. The van der Waals surface area contributed by atoms with E-state index in [0.29, 0.717) is 17.5 Å². The van der Waals surface area contributed by atoms with E-state index >= 15 is 0 Å². The third kappa shape index (κ3) is 2.42. The van der Waals surface area contributed by atoms with Crippen molar-refractivity contribution in [3.05, 3.63) is 55.1 Å². The predicted molar refractivity (Wildman–Crippen MR) is 63.4 cm³/mol. The summed E-state index contributed by atoms with van der Waals surface area (Å²) < 4.78 is 0. The van der Waals surface area contributed by atoms with Crippen LogP contribution in [-0.4, -0.2) is 9.85 Å². The summed E-state index contributed by atoms with van der Waals surface area (Å²) in [5, 5.41) is 21.1. The molecule has 0 aromatic heterocycles. The maximum Gasteiger partial charge on any atom is 0.298 e. The Morgan fingerprint density at radius 2 is 2.00 bits per heavy atom. The number of allylic oxidation sites excluding steroid dienone is 1. The van der Waals surface area contributed by atoms with Gasteiger partial charge < -0.3 is 0 Å². The van der Waals surface area contributed by atoms with Crippen LogP contribution in [0.3, 0.4) is 0 Å². The molecule has 0 atom stereocenters. The molecule has 17 heavy (non-hydrogen) atoms. The Balaban J connectivity index is 3.62. The van der Waals surface area contributed by atoms with Crippen molar-refractivity contribution >= 4 is 23.0 Å². The lowest BCUT2D eigenvalue weighted by molar-refractivity contribution is -0.394. The third-order valence-corrected chi connectivity index (χ3v) is 2.70. The second-order valence-corrected chi connectivity index (χ2v) is 3.73. The zero-order valence-electron chi connectivity index (χ0n) is 8.97. The van der Waals surface area contributed by atoms with Gasteiger partial charge in [-0.05, 0) is 18.9 Å². The molecule has 0 N–H and O–H groups in total. The molecule has 0 fully saturated rings. The molecule has 0 spiro atoms. The smallest absolute Gasteiger partial charge is 0.258 e. The second kappa shape index (κ2) is 4.92.